The van der Waals surface area contributed by atoms with E-state index in [1.54, 1.807) is 12.1 Å². The summed E-state index contributed by atoms with van der Waals surface area (Å²) in [5.74, 6) is 1.14. The molecule has 0 amide bonds. The van der Waals surface area contributed by atoms with Gasteiger partial charge in [-0.3, -0.25) is 0 Å². The Morgan fingerprint density at radius 2 is 2.24 bits per heavy atom. The fourth-order valence-corrected chi connectivity index (χ4v) is 4.91. The molecule has 0 bridgehead atoms. The predicted molar refractivity (Wildman–Crippen MR) is 89.2 cm³/mol. The molecule has 2 atom stereocenters. The molecule has 118 valence electrons. The third-order valence-electron chi connectivity index (χ3n) is 3.70. The molecule has 1 aliphatic heterocycles. The van der Waals surface area contributed by atoms with Crippen LogP contribution in [0.3, 0.4) is 0 Å². The summed E-state index contributed by atoms with van der Waals surface area (Å²) in [6, 6.07) is 7.33. The minimum Gasteiger partial charge on any atom is -0.310 e. The van der Waals surface area contributed by atoms with E-state index in [0.29, 0.717) is 16.7 Å². The Labute approximate surface area is 132 Å². The van der Waals surface area contributed by atoms with Gasteiger partial charge in [0.15, 0.2) is 0 Å². The molecule has 1 aromatic rings. The van der Waals surface area contributed by atoms with E-state index in [0.717, 1.165) is 24.3 Å². The Kier molecular flexibility index (Phi) is 6.10. The van der Waals surface area contributed by atoms with Gasteiger partial charge >= 0.3 is 0 Å². The maximum Gasteiger partial charge on any atom is 0.240 e. The molecule has 0 aliphatic carbocycles. The van der Waals surface area contributed by atoms with E-state index in [2.05, 4.69) is 10.0 Å². The molecule has 0 aromatic heterocycles. The van der Waals surface area contributed by atoms with Gasteiger partial charge in [-0.1, -0.05) is 19.1 Å². The molecule has 6 heteroatoms. The van der Waals surface area contributed by atoms with E-state index in [1.807, 2.05) is 37.7 Å². The van der Waals surface area contributed by atoms with Crippen molar-refractivity contribution in [2.75, 3.05) is 18.8 Å². The Morgan fingerprint density at radius 1 is 1.43 bits per heavy atom. The van der Waals surface area contributed by atoms with Gasteiger partial charge in [0.1, 0.15) is 0 Å². The minimum absolute atomic E-state index is 0.149. The molecule has 0 radical (unpaired) electrons. The zero-order valence-electron chi connectivity index (χ0n) is 12.6. The molecule has 1 aliphatic rings. The van der Waals surface area contributed by atoms with Crippen LogP contribution in [0.4, 0.5) is 0 Å². The number of sulfonamides is 1. The molecule has 4 nitrogen and oxygen atoms in total. The highest BCUT2D eigenvalue weighted by molar-refractivity contribution is 8.00. The largest absolute Gasteiger partial charge is 0.310 e. The van der Waals surface area contributed by atoms with Crippen LogP contribution >= 0.6 is 11.8 Å². The molecule has 1 aromatic carbocycles. The number of nitrogens with one attached hydrogen (secondary N) is 2. The molecule has 2 rings (SSSR count). The van der Waals surface area contributed by atoms with Crippen LogP contribution in [-0.4, -0.2) is 32.5 Å². The van der Waals surface area contributed by atoms with Gasteiger partial charge < -0.3 is 5.32 Å². The first-order chi connectivity index (χ1) is 10.0. The van der Waals surface area contributed by atoms with Gasteiger partial charge in [0.05, 0.1) is 4.90 Å². The lowest BCUT2D eigenvalue weighted by Gasteiger charge is -2.15. The Morgan fingerprint density at radius 3 is 2.90 bits per heavy atom. The molecule has 1 fully saturated rings. The van der Waals surface area contributed by atoms with E-state index >= 15 is 0 Å². The van der Waals surface area contributed by atoms with E-state index in [1.165, 1.54) is 6.42 Å². The second-order valence-corrected chi connectivity index (χ2v) is 8.51. The Bertz CT molecular complexity index is 555. The van der Waals surface area contributed by atoms with Gasteiger partial charge in [-0.05, 0) is 49.8 Å². The SMILES string of the molecule is CCNC(C)c1cccc(S(=O)(=O)NCC2CCCS2)c1. The van der Waals surface area contributed by atoms with Crippen LogP contribution < -0.4 is 10.0 Å². The summed E-state index contributed by atoms with van der Waals surface area (Å²) in [5, 5.41) is 3.72. The summed E-state index contributed by atoms with van der Waals surface area (Å²) in [4.78, 5) is 0.354. The Hall–Kier alpha value is -0.560. The van der Waals surface area contributed by atoms with Gasteiger partial charge in [-0.15, -0.1) is 0 Å². The molecule has 0 spiro atoms. The van der Waals surface area contributed by atoms with Crippen LogP contribution in [0.25, 0.3) is 0 Å². The number of hydrogen-bond donors (Lipinski definition) is 2. The summed E-state index contributed by atoms with van der Waals surface area (Å²) in [6.07, 6.45) is 2.29. The summed E-state index contributed by atoms with van der Waals surface area (Å²) in [7, 11) is -3.41. The third-order valence-corrected chi connectivity index (χ3v) is 6.52. The van der Waals surface area contributed by atoms with Crippen molar-refractivity contribution in [3.8, 4) is 0 Å². The quantitative estimate of drug-likeness (QED) is 0.807. The average Bonchev–Trinajstić information content (AvgIpc) is 2.99. The minimum atomic E-state index is -3.41. The summed E-state index contributed by atoms with van der Waals surface area (Å²) in [5.41, 5.74) is 0.995. The second kappa shape index (κ2) is 7.63. The molecule has 21 heavy (non-hydrogen) atoms. The van der Waals surface area contributed by atoms with Crippen LogP contribution in [0.1, 0.15) is 38.3 Å². The number of rotatable bonds is 7. The maximum atomic E-state index is 12.4. The van der Waals surface area contributed by atoms with E-state index in [-0.39, 0.29) is 6.04 Å². The van der Waals surface area contributed by atoms with Crippen LogP contribution in [0.5, 0.6) is 0 Å². The van der Waals surface area contributed by atoms with Crippen molar-refractivity contribution < 1.29 is 8.42 Å². The fraction of sp³-hybridized carbons (Fsp3) is 0.600. The first-order valence-corrected chi connectivity index (χ1v) is 10.0. The monoisotopic (exact) mass is 328 g/mol. The van der Waals surface area contributed by atoms with Crippen LogP contribution in [0.2, 0.25) is 0 Å². The first kappa shape index (κ1) is 16.8. The normalized spacial score (nSPS) is 20.6. The summed E-state index contributed by atoms with van der Waals surface area (Å²) in [6.45, 7) is 5.46. The molecular formula is C15H24N2O2S2. The lowest BCUT2D eigenvalue weighted by Crippen LogP contribution is -2.30. The van der Waals surface area contributed by atoms with Gasteiger partial charge in [0, 0.05) is 17.8 Å². The molecule has 2 unspecified atom stereocenters. The van der Waals surface area contributed by atoms with Crippen molar-refractivity contribution >= 4 is 21.8 Å². The molecule has 2 N–H and O–H groups in total. The van der Waals surface area contributed by atoms with Crippen LogP contribution in [-0.2, 0) is 10.0 Å². The molecule has 1 saturated heterocycles. The van der Waals surface area contributed by atoms with Crippen molar-refractivity contribution in [3.63, 3.8) is 0 Å². The van der Waals surface area contributed by atoms with Crippen LogP contribution in [0.15, 0.2) is 29.2 Å². The maximum absolute atomic E-state index is 12.4. The fourth-order valence-electron chi connectivity index (χ4n) is 2.47. The molecule has 1 heterocycles. The topological polar surface area (TPSA) is 58.2 Å². The highest BCUT2D eigenvalue weighted by Gasteiger charge is 2.20. The third kappa shape index (κ3) is 4.71. The van der Waals surface area contributed by atoms with E-state index in [4.69, 9.17) is 0 Å². The zero-order valence-corrected chi connectivity index (χ0v) is 14.3. The van der Waals surface area contributed by atoms with Crippen molar-refractivity contribution in [2.24, 2.45) is 0 Å². The van der Waals surface area contributed by atoms with Crippen molar-refractivity contribution in [2.45, 2.75) is 42.9 Å². The van der Waals surface area contributed by atoms with Crippen molar-refractivity contribution in [1.29, 1.82) is 0 Å². The first-order valence-electron chi connectivity index (χ1n) is 7.47. The lowest BCUT2D eigenvalue weighted by atomic mass is 10.1. The molecule has 0 saturated carbocycles. The summed E-state index contributed by atoms with van der Waals surface area (Å²) >= 11 is 1.86. The van der Waals surface area contributed by atoms with Gasteiger partial charge in [0.25, 0.3) is 0 Å². The standard InChI is InChI=1S/C15H24N2O2S2/c1-3-16-12(2)13-6-4-8-15(10-13)21(18,19)17-11-14-7-5-9-20-14/h4,6,8,10,12,14,16-17H,3,5,7,9,11H2,1-2H3. The Balaban J connectivity index is 2.06. The number of hydrogen-bond acceptors (Lipinski definition) is 4. The van der Waals surface area contributed by atoms with Crippen molar-refractivity contribution in [3.05, 3.63) is 29.8 Å². The smallest absolute Gasteiger partial charge is 0.240 e. The number of thioether (sulfide) groups is 1. The van der Waals surface area contributed by atoms with Gasteiger partial charge in [0.2, 0.25) is 10.0 Å². The highest BCUT2D eigenvalue weighted by Crippen LogP contribution is 2.26. The molecular weight excluding hydrogens is 304 g/mol. The van der Waals surface area contributed by atoms with Gasteiger partial charge in [-0.25, -0.2) is 13.1 Å². The summed E-state index contributed by atoms with van der Waals surface area (Å²) < 4.78 is 27.5. The van der Waals surface area contributed by atoms with Crippen LogP contribution in [0, 0.1) is 0 Å². The number of benzene rings is 1. The second-order valence-electron chi connectivity index (χ2n) is 5.34. The average molecular weight is 329 g/mol. The predicted octanol–water partition coefficient (Wildman–Crippen LogP) is 2.53. The van der Waals surface area contributed by atoms with E-state index < -0.39 is 10.0 Å². The lowest BCUT2D eigenvalue weighted by molar-refractivity contribution is 0.576. The van der Waals surface area contributed by atoms with Crippen molar-refractivity contribution in [1.82, 2.24) is 10.0 Å². The van der Waals surface area contributed by atoms with E-state index in [9.17, 15) is 8.42 Å². The van der Waals surface area contributed by atoms with Gasteiger partial charge in [-0.2, -0.15) is 11.8 Å². The zero-order chi connectivity index (χ0) is 15.3. The highest BCUT2D eigenvalue weighted by atomic mass is 32.2.